The Morgan fingerprint density at radius 3 is 2.20 bits per heavy atom. The first-order valence-corrected chi connectivity index (χ1v) is 10.5. The first-order chi connectivity index (χ1) is 12.0. The van der Waals surface area contributed by atoms with E-state index in [9.17, 15) is 8.42 Å². The molecule has 0 bridgehead atoms. The molecular formula is C19H29N3O2S. The van der Waals surface area contributed by atoms with Gasteiger partial charge in [-0.1, -0.05) is 57.0 Å². The molecule has 1 aromatic carbocycles. The van der Waals surface area contributed by atoms with Gasteiger partial charge in [0.25, 0.3) is 0 Å². The van der Waals surface area contributed by atoms with Gasteiger partial charge in [0.05, 0.1) is 12.2 Å². The molecular weight excluding hydrogens is 334 g/mol. The minimum absolute atomic E-state index is 0.329. The molecule has 25 heavy (non-hydrogen) atoms. The lowest BCUT2D eigenvalue weighted by molar-refractivity contribution is 0.395. The third-order valence-electron chi connectivity index (χ3n) is 4.23. The van der Waals surface area contributed by atoms with E-state index < -0.39 is 10.0 Å². The molecule has 1 heterocycles. The van der Waals surface area contributed by atoms with Crippen molar-refractivity contribution in [2.24, 2.45) is 0 Å². The lowest BCUT2D eigenvalue weighted by Gasteiger charge is -2.21. The zero-order valence-electron chi connectivity index (χ0n) is 15.5. The Morgan fingerprint density at radius 2 is 1.64 bits per heavy atom. The maximum atomic E-state index is 13.1. The van der Waals surface area contributed by atoms with Gasteiger partial charge < -0.3 is 0 Å². The minimum Gasteiger partial charge on any atom is -0.267 e. The topological polar surface area (TPSA) is 55.2 Å². The van der Waals surface area contributed by atoms with Crippen molar-refractivity contribution in [2.45, 2.75) is 57.9 Å². The first-order valence-electron chi connectivity index (χ1n) is 9.07. The summed E-state index contributed by atoms with van der Waals surface area (Å²) in [6, 6.07) is 9.94. The second-order valence-corrected chi connectivity index (χ2v) is 8.28. The molecule has 2 aromatic rings. The fourth-order valence-corrected chi connectivity index (χ4v) is 4.45. The van der Waals surface area contributed by atoms with Crippen LogP contribution < -0.4 is 0 Å². The molecule has 0 unspecified atom stereocenters. The molecule has 0 atom stereocenters. The maximum Gasteiger partial charge on any atom is 0.246 e. The Labute approximate surface area is 151 Å². The minimum atomic E-state index is -3.50. The number of sulfonamides is 1. The van der Waals surface area contributed by atoms with E-state index in [1.807, 2.05) is 30.3 Å². The summed E-state index contributed by atoms with van der Waals surface area (Å²) >= 11 is 0. The Morgan fingerprint density at radius 1 is 1.04 bits per heavy atom. The van der Waals surface area contributed by atoms with E-state index in [4.69, 9.17) is 0 Å². The molecule has 0 fully saturated rings. The summed E-state index contributed by atoms with van der Waals surface area (Å²) in [6.45, 7) is 7.64. The zero-order valence-corrected chi connectivity index (χ0v) is 16.3. The van der Waals surface area contributed by atoms with Crippen molar-refractivity contribution >= 4 is 10.0 Å². The molecule has 1 aromatic heterocycles. The summed E-state index contributed by atoms with van der Waals surface area (Å²) in [7, 11) is -3.50. The summed E-state index contributed by atoms with van der Waals surface area (Å²) < 4.78 is 29.5. The van der Waals surface area contributed by atoms with Crippen LogP contribution >= 0.6 is 0 Å². The van der Waals surface area contributed by atoms with E-state index in [1.165, 1.54) is 0 Å². The number of benzene rings is 1. The molecule has 0 saturated carbocycles. The van der Waals surface area contributed by atoms with Crippen LogP contribution in [0, 0.1) is 6.92 Å². The van der Waals surface area contributed by atoms with E-state index in [2.05, 4.69) is 18.9 Å². The van der Waals surface area contributed by atoms with E-state index >= 15 is 0 Å². The van der Waals surface area contributed by atoms with Crippen LogP contribution in [0.2, 0.25) is 0 Å². The van der Waals surface area contributed by atoms with E-state index in [1.54, 1.807) is 22.1 Å². The number of hydrogen-bond donors (Lipinski definition) is 0. The standard InChI is InChI=1S/C19H29N3O2S/c1-4-6-13-22(14-7-5-2)25(23,24)19-16-21(20-17(19)3)15-18-11-9-8-10-12-18/h8-12,16H,4-7,13-15H2,1-3H3. The third kappa shape index (κ3) is 5.16. The number of nitrogens with zero attached hydrogens (tertiary/aromatic N) is 3. The number of aryl methyl sites for hydroxylation is 1. The van der Waals surface area contributed by atoms with Crippen molar-refractivity contribution in [2.75, 3.05) is 13.1 Å². The SMILES string of the molecule is CCCCN(CCCC)S(=O)(=O)c1cn(Cc2ccccc2)nc1C. The molecule has 0 aliphatic rings. The fraction of sp³-hybridized carbons (Fsp3) is 0.526. The lowest BCUT2D eigenvalue weighted by Crippen LogP contribution is -2.33. The highest BCUT2D eigenvalue weighted by atomic mass is 32.2. The van der Waals surface area contributed by atoms with Crippen LogP contribution in [0.3, 0.4) is 0 Å². The van der Waals surface area contributed by atoms with Gasteiger partial charge in [-0.15, -0.1) is 0 Å². The lowest BCUT2D eigenvalue weighted by atomic mass is 10.2. The highest BCUT2D eigenvalue weighted by molar-refractivity contribution is 7.89. The highest BCUT2D eigenvalue weighted by Gasteiger charge is 2.27. The van der Waals surface area contributed by atoms with Crippen LogP contribution in [0.25, 0.3) is 0 Å². The molecule has 6 heteroatoms. The van der Waals surface area contributed by atoms with Gasteiger partial charge in [0.15, 0.2) is 0 Å². The molecule has 0 spiro atoms. The average Bonchev–Trinajstić information content (AvgIpc) is 2.96. The summed E-state index contributed by atoms with van der Waals surface area (Å²) in [5, 5.41) is 4.43. The Bertz CT molecular complexity index is 746. The Balaban J connectivity index is 2.24. The second kappa shape index (κ2) is 9.15. The first kappa shape index (κ1) is 19.7. The quantitative estimate of drug-likeness (QED) is 0.644. The summed E-state index contributed by atoms with van der Waals surface area (Å²) in [4.78, 5) is 0.329. The number of rotatable bonds is 10. The smallest absolute Gasteiger partial charge is 0.246 e. The normalized spacial score (nSPS) is 12.0. The predicted octanol–water partition coefficient (Wildman–Crippen LogP) is 3.83. The van der Waals surface area contributed by atoms with E-state index in [0.717, 1.165) is 31.2 Å². The fourth-order valence-electron chi connectivity index (χ4n) is 2.76. The molecule has 0 radical (unpaired) electrons. The van der Waals surface area contributed by atoms with Crippen molar-refractivity contribution in [3.05, 3.63) is 47.8 Å². The van der Waals surface area contributed by atoms with Crippen LogP contribution in [0.5, 0.6) is 0 Å². The largest absolute Gasteiger partial charge is 0.267 e. The van der Waals surface area contributed by atoms with Crippen LogP contribution in [0.4, 0.5) is 0 Å². The zero-order chi connectivity index (χ0) is 18.3. The van der Waals surface area contributed by atoms with Crippen LogP contribution in [-0.2, 0) is 16.6 Å². The Hall–Kier alpha value is -1.66. The predicted molar refractivity (Wildman–Crippen MR) is 101 cm³/mol. The van der Waals surface area contributed by atoms with Crippen molar-refractivity contribution in [3.8, 4) is 0 Å². The van der Waals surface area contributed by atoms with Crippen molar-refractivity contribution < 1.29 is 8.42 Å². The Kier molecular flexibility index (Phi) is 7.20. The van der Waals surface area contributed by atoms with Gasteiger partial charge in [0.2, 0.25) is 10.0 Å². The number of hydrogen-bond acceptors (Lipinski definition) is 3. The summed E-state index contributed by atoms with van der Waals surface area (Å²) in [6.07, 6.45) is 5.37. The summed E-state index contributed by atoms with van der Waals surface area (Å²) in [5.41, 5.74) is 1.66. The monoisotopic (exact) mass is 363 g/mol. The molecule has 0 saturated heterocycles. The van der Waals surface area contributed by atoms with Crippen LogP contribution in [-0.4, -0.2) is 35.6 Å². The highest BCUT2D eigenvalue weighted by Crippen LogP contribution is 2.20. The van der Waals surface area contributed by atoms with Gasteiger partial charge in [0.1, 0.15) is 4.90 Å². The van der Waals surface area contributed by atoms with Gasteiger partial charge in [-0.05, 0) is 25.3 Å². The third-order valence-corrected chi connectivity index (χ3v) is 6.23. The van der Waals surface area contributed by atoms with Gasteiger partial charge in [-0.3, -0.25) is 4.68 Å². The second-order valence-electron chi connectivity index (χ2n) is 6.37. The summed E-state index contributed by atoms with van der Waals surface area (Å²) in [5.74, 6) is 0. The van der Waals surface area contributed by atoms with E-state index in [0.29, 0.717) is 30.2 Å². The van der Waals surface area contributed by atoms with E-state index in [-0.39, 0.29) is 0 Å². The van der Waals surface area contributed by atoms with Gasteiger partial charge in [-0.2, -0.15) is 9.40 Å². The number of aromatic nitrogens is 2. The van der Waals surface area contributed by atoms with Gasteiger partial charge in [0, 0.05) is 19.3 Å². The van der Waals surface area contributed by atoms with Crippen molar-refractivity contribution in [1.82, 2.24) is 14.1 Å². The van der Waals surface area contributed by atoms with Crippen molar-refractivity contribution in [1.29, 1.82) is 0 Å². The maximum absolute atomic E-state index is 13.1. The molecule has 0 aliphatic carbocycles. The van der Waals surface area contributed by atoms with Gasteiger partial charge >= 0.3 is 0 Å². The molecule has 0 amide bonds. The van der Waals surface area contributed by atoms with Crippen molar-refractivity contribution in [3.63, 3.8) is 0 Å². The molecule has 2 rings (SSSR count). The molecule has 0 N–H and O–H groups in total. The molecule has 0 aliphatic heterocycles. The molecule has 5 nitrogen and oxygen atoms in total. The molecule has 138 valence electrons. The van der Waals surface area contributed by atoms with Crippen LogP contribution in [0.1, 0.15) is 50.8 Å². The number of unbranched alkanes of at least 4 members (excludes halogenated alkanes) is 2. The van der Waals surface area contributed by atoms with Crippen LogP contribution in [0.15, 0.2) is 41.4 Å². The average molecular weight is 364 g/mol. The van der Waals surface area contributed by atoms with Gasteiger partial charge in [-0.25, -0.2) is 8.42 Å².